The first-order valence-corrected chi connectivity index (χ1v) is 23.8. The summed E-state index contributed by atoms with van der Waals surface area (Å²) in [5, 5.41) is 1.16. The highest BCUT2D eigenvalue weighted by Gasteiger charge is 2.80. The summed E-state index contributed by atoms with van der Waals surface area (Å²) < 4.78 is 268. The minimum Gasteiger partial charge on any atom is -0.343 e. The molecule has 4 atom stereocenters. The molecule has 0 aliphatic heterocycles. The molecular weight excluding hydrogens is 993 g/mol. The third-order valence-corrected chi connectivity index (χ3v) is 14.4. The zero-order chi connectivity index (χ0) is 52.5. The molecule has 378 valence electrons. The van der Waals surface area contributed by atoms with Gasteiger partial charge in [0, 0.05) is 25.5 Å². The summed E-state index contributed by atoms with van der Waals surface area (Å²) in [6.07, 6.45) is -35.2. The lowest BCUT2D eigenvalue weighted by atomic mass is 10.2. The average molecular weight is 1030 g/mol. The van der Waals surface area contributed by atoms with Gasteiger partial charge in [-0.3, -0.25) is 14.3 Å². The fourth-order valence-corrected chi connectivity index (χ4v) is 7.13. The number of hydrogen-bond acceptors (Lipinski definition) is 6. The van der Waals surface area contributed by atoms with Crippen molar-refractivity contribution in [2.75, 3.05) is 37.4 Å². The number of carbonyl (C=O) groups is 2. The van der Waals surface area contributed by atoms with Crippen LogP contribution in [0, 0.1) is 0 Å². The molecule has 30 heteroatoms. The van der Waals surface area contributed by atoms with Gasteiger partial charge in [0.05, 0.1) is 0 Å². The van der Waals surface area contributed by atoms with Crippen molar-refractivity contribution < 1.29 is 117 Å². The summed E-state index contributed by atoms with van der Waals surface area (Å²) in [6, 6.07) is 10.6. The number of rotatable bonds is 16. The first-order chi connectivity index (χ1) is 29.5. The van der Waals surface area contributed by atoms with E-state index in [4.69, 9.17) is 0 Å². The molecule has 0 N–H and O–H groups in total. The van der Waals surface area contributed by atoms with E-state index in [0.29, 0.717) is 17.1 Å². The minimum absolute atomic E-state index is 0.0155. The van der Waals surface area contributed by atoms with Crippen molar-refractivity contribution >= 4 is 49.7 Å². The number of amides is 2. The summed E-state index contributed by atoms with van der Waals surface area (Å²) in [5.74, 6) is -23.4. The molecule has 8 nitrogen and oxygen atoms in total. The molecule has 0 aromatic heterocycles. The second-order valence-electron chi connectivity index (χ2n) is 14.4. The SMILES string of the molecule is C=C[Si](C)(C)c1cccc(N(C)C(=O)C(F)(OC(F)(F)C(F)(OC(C)OCC(F)(F)F)C(F)(F)F)C(F)(F)F)c1.C=C[Si](C)(C)c1cccc(N(C)C(=O)C(F)(OF)C(F)(F)F)c1.FCF. The van der Waals surface area contributed by atoms with Crippen LogP contribution < -0.4 is 20.2 Å². The van der Waals surface area contributed by atoms with Crippen LogP contribution in [0.2, 0.25) is 26.2 Å². The summed E-state index contributed by atoms with van der Waals surface area (Å²) in [6.45, 7) is 10.4. The van der Waals surface area contributed by atoms with Crippen molar-refractivity contribution in [2.24, 2.45) is 0 Å². The zero-order valence-corrected chi connectivity index (χ0v) is 37.1. The van der Waals surface area contributed by atoms with E-state index in [1.165, 1.54) is 36.0 Å². The molecule has 0 bridgehead atoms. The number of anilines is 2. The van der Waals surface area contributed by atoms with Crippen LogP contribution in [0.5, 0.6) is 0 Å². The Morgan fingerprint density at radius 1 is 0.652 bits per heavy atom. The molecule has 2 amide bonds. The van der Waals surface area contributed by atoms with Crippen LogP contribution in [-0.4, -0.2) is 110 Å². The van der Waals surface area contributed by atoms with E-state index in [0.717, 1.165) is 24.4 Å². The minimum atomic E-state index is -7.07. The van der Waals surface area contributed by atoms with Gasteiger partial charge < -0.3 is 19.3 Å². The van der Waals surface area contributed by atoms with Crippen molar-refractivity contribution in [2.45, 2.75) is 87.8 Å². The number of nitrogens with zero attached hydrogens (tertiary/aromatic N) is 2. The molecular formula is C36H40F20N2O6Si2. The Hall–Kier alpha value is -4.27. The standard InChI is InChI=1S/C21H22F13NO4Si.C14H16F5NO2Si.CH2F2/c1-6-40(4,5)14-9-7-8-13(10-14)35(3)15(36)17(25,19(27,28)29)39-21(33,34)18(26,20(30,31)32)38-12(2)37-11-16(22,23)24;1-5-23(3,4)11-8-6-7-10(9-11)20(2)12(21)13(15,22-19)14(16,17)18;2-1-3/h6-10,12H,1,11H2,2-5H3;5-9H,1H2,2-4H3;1H2. The molecule has 0 heterocycles. The van der Waals surface area contributed by atoms with Gasteiger partial charge in [0.1, 0.15) is 22.8 Å². The van der Waals surface area contributed by atoms with Gasteiger partial charge in [-0.1, -0.05) is 72.2 Å². The van der Waals surface area contributed by atoms with E-state index >= 15 is 4.39 Å². The monoisotopic (exact) mass is 1030 g/mol. The summed E-state index contributed by atoms with van der Waals surface area (Å²) in [4.78, 5) is 26.7. The van der Waals surface area contributed by atoms with Crippen molar-refractivity contribution in [3.63, 3.8) is 0 Å². The van der Waals surface area contributed by atoms with Gasteiger partial charge in [0.15, 0.2) is 6.29 Å². The number of ether oxygens (including phenoxy) is 3. The predicted molar refractivity (Wildman–Crippen MR) is 202 cm³/mol. The highest BCUT2D eigenvalue weighted by molar-refractivity contribution is 6.94. The van der Waals surface area contributed by atoms with Gasteiger partial charge >= 0.3 is 60.2 Å². The molecule has 0 aliphatic rings. The number of benzene rings is 2. The van der Waals surface area contributed by atoms with E-state index < -0.39 is 102 Å². The molecule has 0 fully saturated rings. The van der Waals surface area contributed by atoms with Crippen molar-refractivity contribution in [3.05, 3.63) is 73.1 Å². The normalized spacial score (nSPS) is 16.1. The summed E-state index contributed by atoms with van der Waals surface area (Å²) in [5.41, 5.74) is 2.67. The van der Waals surface area contributed by atoms with E-state index in [9.17, 15) is 93.1 Å². The Morgan fingerprint density at radius 3 is 1.29 bits per heavy atom. The molecule has 2 rings (SSSR count). The predicted octanol–water partition coefficient (Wildman–Crippen LogP) is 10.6. The number of alkyl halides is 19. The molecule has 2 aromatic carbocycles. The van der Waals surface area contributed by atoms with Gasteiger partial charge in [-0.05, 0) is 35.7 Å². The van der Waals surface area contributed by atoms with E-state index in [-0.39, 0.29) is 17.5 Å². The highest BCUT2D eigenvalue weighted by atomic mass is 28.3. The average Bonchev–Trinajstić information content (AvgIpc) is 3.20. The summed E-state index contributed by atoms with van der Waals surface area (Å²) >= 11 is 0. The van der Waals surface area contributed by atoms with Gasteiger partial charge in [-0.15, -0.1) is 18.1 Å². The fourth-order valence-electron chi connectivity index (χ4n) is 4.57. The largest absolute Gasteiger partial charge is 0.461 e. The molecule has 66 heavy (non-hydrogen) atoms. The van der Waals surface area contributed by atoms with Crippen LogP contribution in [-0.2, 0) is 28.7 Å². The molecule has 4 unspecified atom stereocenters. The highest BCUT2D eigenvalue weighted by Crippen LogP contribution is 2.52. The van der Waals surface area contributed by atoms with Crippen molar-refractivity contribution in [1.29, 1.82) is 0 Å². The van der Waals surface area contributed by atoms with Crippen LogP contribution in [0.1, 0.15) is 6.92 Å². The number of hydrogen-bond donors (Lipinski definition) is 0. The van der Waals surface area contributed by atoms with Crippen LogP contribution in [0.25, 0.3) is 0 Å². The third kappa shape index (κ3) is 14.9. The topological polar surface area (TPSA) is 77.5 Å². The van der Waals surface area contributed by atoms with Crippen molar-refractivity contribution in [1.82, 2.24) is 0 Å². The van der Waals surface area contributed by atoms with Gasteiger partial charge in [-0.2, -0.15) is 74.6 Å². The Bertz CT molecular complexity index is 1950. The smallest absolute Gasteiger partial charge is 0.343 e. The summed E-state index contributed by atoms with van der Waals surface area (Å²) in [7, 11) is -3.20. The van der Waals surface area contributed by atoms with E-state index in [2.05, 4.69) is 32.3 Å². The maximum Gasteiger partial charge on any atom is 0.461 e. The Kier molecular flexibility index (Phi) is 20.8. The third-order valence-electron chi connectivity index (χ3n) is 8.79. The number of likely N-dealkylation sites (N-methyl/N-ethyl adjacent to an activating group) is 2. The van der Waals surface area contributed by atoms with Crippen LogP contribution in [0.3, 0.4) is 0 Å². The molecule has 2 aromatic rings. The fraction of sp³-hybridized carbons (Fsp3) is 0.500. The molecule has 0 radical (unpaired) electrons. The molecule has 0 saturated heterocycles. The lowest BCUT2D eigenvalue weighted by Crippen LogP contribution is -2.66. The van der Waals surface area contributed by atoms with Gasteiger partial charge in [0.25, 0.3) is 0 Å². The Morgan fingerprint density at radius 2 is 1.00 bits per heavy atom. The zero-order valence-electron chi connectivity index (χ0n) is 35.1. The number of halogens is 20. The maximum atomic E-state index is 15.1. The first-order valence-electron chi connectivity index (χ1n) is 17.6. The Balaban J connectivity index is 0.00000137. The quantitative estimate of drug-likeness (QED) is 0.0947. The second-order valence-corrected chi connectivity index (χ2v) is 23.2. The van der Waals surface area contributed by atoms with Gasteiger partial charge in [-0.25, -0.2) is 8.78 Å². The first kappa shape index (κ1) is 61.7. The van der Waals surface area contributed by atoms with Gasteiger partial charge in [0.2, 0.25) is 6.93 Å². The maximum absolute atomic E-state index is 15.1. The second kappa shape index (κ2) is 22.2. The molecule has 0 aliphatic carbocycles. The lowest BCUT2D eigenvalue weighted by Gasteiger charge is -2.39. The Labute approximate surface area is 364 Å². The van der Waals surface area contributed by atoms with Crippen LogP contribution in [0.15, 0.2) is 73.1 Å². The number of carbonyl (C=O) groups excluding carboxylic acids is 2. The van der Waals surface area contributed by atoms with Crippen LogP contribution in [0.4, 0.5) is 99.3 Å². The lowest BCUT2D eigenvalue weighted by molar-refractivity contribution is -0.508. The molecule has 0 spiro atoms. The van der Waals surface area contributed by atoms with E-state index in [1.807, 2.05) is 13.1 Å². The van der Waals surface area contributed by atoms with Crippen molar-refractivity contribution in [3.8, 4) is 0 Å². The van der Waals surface area contributed by atoms with Crippen LogP contribution >= 0.6 is 0 Å². The molecule has 0 saturated carbocycles. The van der Waals surface area contributed by atoms with E-state index in [1.54, 1.807) is 24.9 Å².